The lowest BCUT2D eigenvalue weighted by Gasteiger charge is -2.29. The van der Waals surface area contributed by atoms with Gasteiger partial charge in [0.1, 0.15) is 0 Å². The van der Waals surface area contributed by atoms with Crippen LogP contribution in [0.5, 0.6) is 0 Å². The molecule has 0 aliphatic heterocycles. The molecule has 12 rings (SSSR count). The normalized spacial score (nSPS) is 15.1. The Balaban J connectivity index is 1.12. The summed E-state index contributed by atoms with van der Waals surface area (Å²) in [5.74, 6) is 1.98. The maximum absolute atomic E-state index is 5.26. The Labute approximate surface area is 315 Å². The van der Waals surface area contributed by atoms with Crippen molar-refractivity contribution in [3.8, 4) is 56.4 Å². The van der Waals surface area contributed by atoms with Crippen molar-refractivity contribution in [2.45, 2.75) is 5.41 Å². The average Bonchev–Trinajstić information content (AvgIpc) is 3.87. The second kappa shape index (κ2) is 11.1. The third-order valence-corrected chi connectivity index (χ3v) is 12.8. The summed E-state index contributed by atoms with van der Waals surface area (Å²) in [4.78, 5) is 17.1. The predicted molar refractivity (Wildman–Crippen MR) is 223 cm³/mol. The van der Waals surface area contributed by atoms with Crippen molar-refractivity contribution in [3.63, 3.8) is 0 Å². The number of hydrogen-bond acceptors (Lipinski definition) is 4. The van der Waals surface area contributed by atoms with Crippen LogP contribution in [0.25, 0.3) is 88.0 Å². The van der Waals surface area contributed by atoms with Gasteiger partial charge in [0, 0.05) is 37.2 Å². The van der Waals surface area contributed by atoms with E-state index in [2.05, 4.69) is 176 Å². The molecule has 1 spiro atoms. The van der Waals surface area contributed by atoms with Crippen LogP contribution in [-0.4, -0.2) is 15.0 Å². The molecule has 2 aliphatic carbocycles. The van der Waals surface area contributed by atoms with Gasteiger partial charge < -0.3 is 0 Å². The molecular weight excluding hydrogens is 675 g/mol. The third-order valence-electron chi connectivity index (χ3n) is 11.5. The van der Waals surface area contributed by atoms with Crippen LogP contribution in [0, 0.1) is 0 Å². The first kappa shape index (κ1) is 29.8. The highest BCUT2D eigenvalue weighted by molar-refractivity contribution is 7.20. The van der Waals surface area contributed by atoms with Crippen LogP contribution < -0.4 is 0 Å². The van der Waals surface area contributed by atoms with Gasteiger partial charge in [0.25, 0.3) is 0 Å². The molecule has 8 aromatic carbocycles. The average molecular weight is 704 g/mol. The highest BCUT2D eigenvalue weighted by Crippen LogP contribution is 2.66. The molecule has 1 atom stereocenters. The Hall–Kier alpha value is -6.75. The Bertz CT molecular complexity index is 3100. The van der Waals surface area contributed by atoms with Crippen molar-refractivity contribution in [1.29, 1.82) is 0 Å². The molecule has 3 nitrogen and oxygen atoms in total. The zero-order valence-electron chi connectivity index (χ0n) is 29.0. The fourth-order valence-corrected chi connectivity index (χ4v) is 10.6. The summed E-state index contributed by atoms with van der Waals surface area (Å²) in [6.07, 6.45) is 0. The number of nitrogens with zero attached hydrogens (tertiary/aromatic N) is 3. The molecule has 2 aliphatic rings. The maximum Gasteiger partial charge on any atom is 0.164 e. The summed E-state index contributed by atoms with van der Waals surface area (Å²) < 4.78 is 1.32. The van der Waals surface area contributed by atoms with Crippen LogP contribution in [0.3, 0.4) is 0 Å². The van der Waals surface area contributed by atoms with Crippen LogP contribution in [0.4, 0.5) is 0 Å². The maximum atomic E-state index is 5.26. The van der Waals surface area contributed by atoms with Crippen molar-refractivity contribution >= 4 is 43.0 Å². The minimum Gasteiger partial charge on any atom is -0.208 e. The van der Waals surface area contributed by atoms with E-state index in [-0.39, 0.29) is 0 Å². The van der Waals surface area contributed by atoms with Crippen LogP contribution in [-0.2, 0) is 5.41 Å². The van der Waals surface area contributed by atoms with Gasteiger partial charge in [0.15, 0.2) is 17.5 Å². The topological polar surface area (TPSA) is 38.7 Å². The molecule has 4 heteroatoms. The summed E-state index contributed by atoms with van der Waals surface area (Å²) >= 11 is 1.93. The Morgan fingerprint density at radius 2 is 0.852 bits per heavy atom. The zero-order valence-corrected chi connectivity index (χ0v) is 29.8. The molecule has 0 radical (unpaired) electrons. The minimum atomic E-state index is -0.451. The molecule has 0 fully saturated rings. The fourth-order valence-electron chi connectivity index (χ4n) is 9.10. The summed E-state index contributed by atoms with van der Waals surface area (Å²) in [6, 6.07) is 63.5. The largest absolute Gasteiger partial charge is 0.208 e. The summed E-state index contributed by atoms with van der Waals surface area (Å²) in [5.41, 5.74) is 11.6. The van der Waals surface area contributed by atoms with Crippen molar-refractivity contribution in [2.75, 3.05) is 0 Å². The standard InChI is InChI=1S/C50H29N3S/c1-3-13-32-27-34(23-21-30(32)11-1)47-51-48(35-24-22-31-12-2-4-14-33(31)28-35)53-49(52-47)36-25-26-38-37-15-5-8-18-41(37)50(43(38)29-36)42-19-9-6-16-39(42)45-40-17-7-10-20-44(40)54-46(45)50/h1-29H. The van der Waals surface area contributed by atoms with E-state index in [9.17, 15) is 0 Å². The summed E-state index contributed by atoms with van der Waals surface area (Å²) in [6.45, 7) is 0. The van der Waals surface area contributed by atoms with Crippen LogP contribution >= 0.6 is 11.3 Å². The molecule has 2 aromatic heterocycles. The lowest BCUT2D eigenvalue weighted by molar-refractivity contribution is 0.811. The minimum absolute atomic E-state index is 0.451. The molecule has 0 bridgehead atoms. The fraction of sp³-hybridized carbons (Fsp3) is 0.0200. The second-order valence-electron chi connectivity index (χ2n) is 14.3. The number of thiophene rings is 1. The third kappa shape index (κ3) is 4.09. The van der Waals surface area contributed by atoms with Crippen LogP contribution in [0.1, 0.15) is 21.6 Å². The lowest BCUT2D eigenvalue weighted by atomic mass is 9.73. The molecule has 0 amide bonds. The number of benzene rings is 8. The number of rotatable bonds is 3. The smallest absolute Gasteiger partial charge is 0.164 e. The van der Waals surface area contributed by atoms with Gasteiger partial charge in [-0.3, -0.25) is 0 Å². The Kier molecular flexibility index (Phi) is 6.14. The summed E-state index contributed by atoms with van der Waals surface area (Å²) in [7, 11) is 0. The van der Waals surface area contributed by atoms with E-state index in [1.54, 1.807) is 0 Å². The van der Waals surface area contributed by atoms with Gasteiger partial charge >= 0.3 is 0 Å². The lowest BCUT2D eigenvalue weighted by Crippen LogP contribution is -2.25. The van der Waals surface area contributed by atoms with E-state index in [1.807, 2.05) is 11.3 Å². The molecule has 0 N–H and O–H groups in total. The van der Waals surface area contributed by atoms with E-state index in [0.29, 0.717) is 17.5 Å². The van der Waals surface area contributed by atoms with Gasteiger partial charge in [-0.25, -0.2) is 15.0 Å². The zero-order chi connectivity index (χ0) is 35.4. The van der Waals surface area contributed by atoms with Gasteiger partial charge in [0.2, 0.25) is 0 Å². The van der Waals surface area contributed by atoms with Gasteiger partial charge in [-0.15, -0.1) is 11.3 Å². The van der Waals surface area contributed by atoms with Gasteiger partial charge in [-0.2, -0.15) is 0 Å². The van der Waals surface area contributed by atoms with E-state index in [0.717, 1.165) is 27.5 Å². The van der Waals surface area contributed by atoms with Gasteiger partial charge in [0.05, 0.1) is 5.41 Å². The van der Waals surface area contributed by atoms with Crippen LogP contribution in [0.15, 0.2) is 176 Å². The highest BCUT2D eigenvalue weighted by atomic mass is 32.1. The number of hydrogen-bond donors (Lipinski definition) is 0. The van der Waals surface area contributed by atoms with Crippen LogP contribution in [0.2, 0.25) is 0 Å². The number of aromatic nitrogens is 3. The Morgan fingerprint density at radius 3 is 1.52 bits per heavy atom. The second-order valence-corrected chi connectivity index (χ2v) is 15.4. The van der Waals surface area contributed by atoms with Crippen molar-refractivity contribution in [1.82, 2.24) is 15.0 Å². The van der Waals surface area contributed by atoms with Gasteiger partial charge in [-0.05, 0) is 79.2 Å². The van der Waals surface area contributed by atoms with Crippen molar-refractivity contribution in [3.05, 3.63) is 197 Å². The molecule has 10 aromatic rings. The molecule has 0 saturated heterocycles. The summed E-state index contributed by atoms with van der Waals surface area (Å²) in [5, 5.41) is 6.00. The van der Waals surface area contributed by atoms with Crippen molar-refractivity contribution in [2.24, 2.45) is 0 Å². The first-order valence-corrected chi connectivity index (χ1v) is 19.2. The SMILES string of the molecule is c1ccc2c(c1)-c1ccc(-c3nc(-c4ccc5ccccc5c4)nc(-c4ccc5ccccc5c4)n3)cc1C21c2ccccc2-c2c1sc1ccccc21. The monoisotopic (exact) mass is 703 g/mol. The molecule has 2 heterocycles. The molecule has 54 heavy (non-hydrogen) atoms. The molecular formula is C50H29N3S. The predicted octanol–water partition coefficient (Wildman–Crippen LogP) is 12.7. The first-order chi connectivity index (χ1) is 26.7. The Morgan fingerprint density at radius 1 is 0.370 bits per heavy atom. The highest BCUT2D eigenvalue weighted by Gasteiger charge is 2.53. The van der Waals surface area contributed by atoms with Crippen molar-refractivity contribution < 1.29 is 0 Å². The quantitative estimate of drug-likeness (QED) is 0.184. The van der Waals surface area contributed by atoms with E-state index in [4.69, 9.17) is 15.0 Å². The first-order valence-electron chi connectivity index (χ1n) is 18.4. The van der Waals surface area contributed by atoms with Gasteiger partial charge in [-0.1, -0.05) is 152 Å². The number of fused-ring (bicyclic) bond motifs is 14. The molecule has 1 unspecified atom stereocenters. The van der Waals surface area contributed by atoms with E-state index in [1.165, 1.54) is 64.7 Å². The molecule has 0 saturated carbocycles. The van der Waals surface area contributed by atoms with E-state index >= 15 is 0 Å². The molecule has 250 valence electrons. The van der Waals surface area contributed by atoms with E-state index < -0.39 is 5.41 Å².